The first-order valence-electron chi connectivity index (χ1n) is 9.79. The Labute approximate surface area is 176 Å². The average molecular weight is 430 g/mol. The Hall–Kier alpha value is -2.54. The Morgan fingerprint density at radius 1 is 1.20 bits per heavy atom. The van der Waals surface area contributed by atoms with Gasteiger partial charge in [0.25, 0.3) is 0 Å². The maximum Gasteiger partial charge on any atom is 0.159 e. The van der Waals surface area contributed by atoms with E-state index in [0.717, 1.165) is 16.2 Å². The summed E-state index contributed by atoms with van der Waals surface area (Å²) >= 11 is 1.43. The molecule has 2 aliphatic heterocycles. The molecular weight excluding hydrogens is 408 g/mol. The van der Waals surface area contributed by atoms with E-state index in [1.807, 2.05) is 31.2 Å². The molecule has 0 aliphatic carbocycles. The number of ether oxygens (including phenoxy) is 1. The lowest BCUT2D eigenvalue weighted by Crippen LogP contribution is -2.59. The van der Waals surface area contributed by atoms with E-state index < -0.39 is 24.4 Å². The fourth-order valence-corrected chi connectivity index (χ4v) is 4.92. The van der Waals surface area contributed by atoms with Crippen molar-refractivity contribution in [1.29, 1.82) is 0 Å². The Kier molecular flexibility index (Phi) is 5.15. The third kappa shape index (κ3) is 3.55. The monoisotopic (exact) mass is 430 g/mol. The second kappa shape index (κ2) is 7.95. The Bertz CT molecular complexity index is 1070. The molecule has 0 amide bonds. The Morgan fingerprint density at radius 3 is 2.93 bits per heavy atom. The van der Waals surface area contributed by atoms with Crippen LogP contribution in [0, 0.1) is 0 Å². The third-order valence-electron chi connectivity index (χ3n) is 5.21. The molecule has 2 fully saturated rings. The number of rotatable bonds is 5. The van der Waals surface area contributed by atoms with Crippen LogP contribution in [0.15, 0.2) is 35.5 Å². The summed E-state index contributed by atoms with van der Waals surface area (Å²) in [7, 11) is 0. The summed E-state index contributed by atoms with van der Waals surface area (Å²) in [5.41, 5.74) is 2.13. The minimum absolute atomic E-state index is 0.271. The van der Waals surface area contributed by atoms with E-state index in [0.29, 0.717) is 18.8 Å². The average Bonchev–Trinajstić information content (AvgIpc) is 3.46. The second-order valence-electron chi connectivity index (χ2n) is 7.26. The van der Waals surface area contributed by atoms with E-state index in [2.05, 4.69) is 30.9 Å². The lowest BCUT2D eigenvalue weighted by atomic mass is 9.98. The summed E-state index contributed by atoms with van der Waals surface area (Å²) in [5.74, 6) is 0. The van der Waals surface area contributed by atoms with Gasteiger partial charge in [-0.25, -0.2) is 9.36 Å². The van der Waals surface area contributed by atoms with Crippen LogP contribution in [0.4, 0.5) is 0 Å². The zero-order valence-electron chi connectivity index (χ0n) is 16.2. The molecule has 158 valence electrons. The van der Waals surface area contributed by atoms with E-state index in [9.17, 15) is 10.2 Å². The first-order chi connectivity index (χ1) is 14.6. The standard InChI is InChI=1S/C18H22N8O3S/c1-2-19-18-20-14-16(28)15(27)13(29-17(14)30-18)9-25-7-10(21-23-25)8-26-12-6-4-3-5-11(12)22-24-26/h3-7,13-17,27-28H,2,8-9H2,1H3,(H,19,20). The van der Waals surface area contributed by atoms with Crippen molar-refractivity contribution in [2.45, 2.75) is 49.8 Å². The molecule has 5 unspecified atom stereocenters. The van der Waals surface area contributed by atoms with Crippen LogP contribution in [-0.4, -0.2) is 81.7 Å². The van der Waals surface area contributed by atoms with Crippen molar-refractivity contribution in [3.05, 3.63) is 36.2 Å². The fraction of sp³-hybridized carbons (Fsp3) is 0.500. The third-order valence-corrected chi connectivity index (χ3v) is 6.31. The molecular formula is C18H22N8O3S. The highest BCUT2D eigenvalue weighted by Crippen LogP contribution is 2.34. The molecule has 12 heteroatoms. The van der Waals surface area contributed by atoms with E-state index in [-0.39, 0.29) is 12.0 Å². The van der Waals surface area contributed by atoms with Crippen molar-refractivity contribution in [3.8, 4) is 0 Å². The fourth-order valence-electron chi connectivity index (χ4n) is 3.72. The smallest absolute Gasteiger partial charge is 0.159 e. The van der Waals surface area contributed by atoms with Gasteiger partial charge in [-0.3, -0.25) is 4.99 Å². The van der Waals surface area contributed by atoms with Gasteiger partial charge in [0.05, 0.1) is 30.8 Å². The van der Waals surface area contributed by atoms with Gasteiger partial charge in [0, 0.05) is 6.54 Å². The molecule has 0 spiro atoms. The summed E-state index contributed by atoms with van der Waals surface area (Å²) in [6.45, 7) is 3.28. The van der Waals surface area contributed by atoms with Gasteiger partial charge in [-0.15, -0.1) is 10.2 Å². The molecule has 0 saturated carbocycles. The molecule has 11 nitrogen and oxygen atoms in total. The lowest BCUT2D eigenvalue weighted by molar-refractivity contribution is -0.160. The van der Waals surface area contributed by atoms with Crippen molar-refractivity contribution in [1.82, 2.24) is 35.3 Å². The number of fused-ring (bicyclic) bond motifs is 2. The minimum atomic E-state index is -1.05. The van der Waals surface area contributed by atoms with Crippen LogP contribution in [0.25, 0.3) is 11.0 Å². The van der Waals surface area contributed by atoms with Gasteiger partial charge in [-0.05, 0) is 19.1 Å². The molecule has 2 saturated heterocycles. The van der Waals surface area contributed by atoms with Crippen LogP contribution in [0.5, 0.6) is 0 Å². The van der Waals surface area contributed by atoms with Crippen molar-refractivity contribution in [2.24, 2.45) is 4.99 Å². The summed E-state index contributed by atoms with van der Waals surface area (Å²) < 4.78 is 9.42. The molecule has 5 atom stereocenters. The van der Waals surface area contributed by atoms with E-state index in [1.54, 1.807) is 15.6 Å². The van der Waals surface area contributed by atoms with Gasteiger partial charge in [0.1, 0.15) is 35.0 Å². The van der Waals surface area contributed by atoms with Crippen molar-refractivity contribution >= 4 is 28.0 Å². The van der Waals surface area contributed by atoms with Crippen LogP contribution < -0.4 is 5.32 Å². The normalized spacial score (nSPS) is 30.0. The first-order valence-corrected chi connectivity index (χ1v) is 10.7. The van der Waals surface area contributed by atoms with E-state index in [4.69, 9.17) is 4.74 Å². The number of para-hydroxylation sites is 1. The number of hydrogen-bond donors (Lipinski definition) is 3. The van der Waals surface area contributed by atoms with E-state index in [1.165, 1.54) is 11.8 Å². The Morgan fingerprint density at radius 2 is 2.07 bits per heavy atom. The van der Waals surface area contributed by atoms with Gasteiger partial charge in [-0.2, -0.15) is 0 Å². The molecule has 4 heterocycles. The number of aliphatic hydroxyl groups excluding tert-OH is 2. The second-order valence-corrected chi connectivity index (χ2v) is 8.35. The number of nitrogens with zero attached hydrogens (tertiary/aromatic N) is 7. The van der Waals surface area contributed by atoms with Gasteiger partial charge in [0.15, 0.2) is 5.17 Å². The number of thioether (sulfide) groups is 1. The number of aliphatic hydroxyl groups is 2. The molecule has 1 aromatic carbocycles. The molecule has 3 aromatic rings. The Balaban J connectivity index is 1.27. The molecule has 0 bridgehead atoms. The highest BCUT2D eigenvalue weighted by molar-refractivity contribution is 8.14. The van der Waals surface area contributed by atoms with Gasteiger partial charge >= 0.3 is 0 Å². The molecule has 3 N–H and O–H groups in total. The minimum Gasteiger partial charge on any atom is -0.388 e. The summed E-state index contributed by atoms with van der Waals surface area (Å²) in [5, 5.41) is 41.6. The zero-order valence-corrected chi connectivity index (χ0v) is 17.1. The maximum atomic E-state index is 10.5. The largest absolute Gasteiger partial charge is 0.388 e. The van der Waals surface area contributed by atoms with Crippen LogP contribution in [0.1, 0.15) is 12.6 Å². The van der Waals surface area contributed by atoms with Crippen LogP contribution in [0.2, 0.25) is 0 Å². The number of aromatic nitrogens is 6. The zero-order chi connectivity index (χ0) is 20.7. The van der Waals surface area contributed by atoms with Gasteiger partial charge in [-0.1, -0.05) is 34.3 Å². The number of aliphatic imine (C=N–C) groups is 1. The summed E-state index contributed by atoms with van der Waals surface area (Å²) in [6, 6.07) is 7.32. The van der Waals surface area contributed by atoms with Crippen molar-refractivity contribution in [3.63, 3.8) is 0 Å². The SMILES string of the molecule is CCN=C1NC2C(OC(Cn3cc(Cn4nnc5ccccc54)nn3)C(O)C2O)S1. The first kappa shape index (κ1) is 19.4. The predicted molar refractivity (Wildman–Crippen MR) is 110 cm³/mol. The van der Waals surface area contributed by atoms with Crippen LogP contribution >= 0.6 is 11.8 Å². The molecule has 30 heavy (non-hydrogen) atoms. The summed E-state index contributed by atoms with van der Waals surface area (Å²) in [4.78, 5) is 4.33. The number of hydrogen-bond acceptors (Lipinski definition) is 9. The van der Waals surface area contributed by atoms with Crippen molar-refractivity contribution < 1.29 is 14.9 Å². The molecule has 2 aliphatic rings. The van der Waals surface area contributed by atoms with Crippen LogP contribution in [0.3, 0.4) is 0 Å². The molecule has 2 aromatic heterocycles. The molecule has 0 radical (unpaired) electrons. The van der Waals surface area contributed by atoms with Gasteiger partial charge < -0.3 is 20.3 Å². The quantitative estimate of drug-likeness (QED) is 0.494. The van der Waals surface area contributed by atoms with Gasteiger partial charge in [0.2, 0.25) is 0 Å². The van der Waals surface area contributed by atoms with Crippen LogP contribution in [-0.2, 0) is 17.8 Å². The topological polar surface area (TPSA) is 136 Å². The highest BCUT2D eigenvalue weighted by Gasteiger charge is 2.49. The highest BCUT2D eigenvalue weighted by atomic mass is 32.2. The number of benzene rings is 1. The number of amidine groups is 1. The predicted octanol–water partition coefficient (Wildman–Crippen LogP) is -0.401. The maximum absolute atomic E-state index is 10.5. The van der Waals surface area contributed by atoms with Crippen molar-refractivity contribution in [2.75, 3.05) is 6.54 Å². The lowest BCUT2D eigenvalue weighted by Gasteiger charge is -2.38. The summed E-state index contributed by atoms with van der Waals surface area (Å²) in [6.07, 6.45) is -0.838. The van der Waals surface area contributed by atoms with E-state index >= 15 is 0 Å². The number of nitrogens with one attached hydrogen (secondary N) is 1. The molecule has 5 rings (SSSR count).